The lowest BCUT2D eigenvalue weighted by Crippen LogP contribution is -2.24. The standard InChI is InChI=1S/C7H13FN4S/c1-2-3-11-7(13)12-6(10)5(8)4-9/h4H,2-3,9H2,1H3,(H3,10,11,12,13). The Morgan fingerprint density at radius 1 is 1.69 bits per heavy atom. The van der Waals surface area contributed by atoms with Gasteiger partial charge in [-0.25, -0.2) is 9.38 Å². The average molecular weight is 204 g/mol. The van der Waals surface area contributed by atoms with Crippen LogP contribution in [0.3, 0.4) is 0 Å². The summed E-state index contributed by atoms with van der Waals surface area (Å²) in [6.45, 7) is 2.66. The van der Waals surface area contributed by atoms with Crippen molar-refractivity contribution in [2.75, 3.05) is 6.54 Å². The van der Waals surface area contributed by atoms with Crippen molar-refractivity contribution in [3.05, 3.63) is 12.0 Å². The molecule has 0 rings (SSSR count). The summed E-state index contributed by atoms with van der Waals surface area (Å²) >= 11 is 4.75. The highest BCUT2D eigenvalue weighted by Crippen LogP contribution is 1.93. The molecule has 0 fully saturated rings. The predicted molar refractivity (Wildman–Crippen MR) is 55.9 cm³/mol. The van der Waals surface area contributed by atoms with Gasteiger partial charge in [0.05, 0.1) is 0 Å². The van der Waals surface area contributed by atoms with Crippen molar-refractivity contribution in [3.8, 4) is 0 Å². The first-order valence-corrected chi connectivity index (χ1v) is 4.22. The zero-order valence-electron chi connectivity index (χ0n) is 7.38. The van der Waals surface area contributed by atoms with E-state index < -0.39 is 5.83 Å². The second kappa shape index (κ2) is 6.36. The fraction of sp³-hybridized carbons (Fsp3) is 0.429. The summed E-state index contributed by atoms with van der Waals surface area (Å²) in [4.78, 5) is 3.58. The highest BCUT2D eigenvalue weighted by molar-refractivity contribution is 7.80. The summed E-state index contributed by atoms with van der Waals surface area (Å²) in [6.07, 6.45) is 1.64. The second-order valence-electron chi connectivity index (χ2n) is 2.24. The van der Waals surface area contributed by atoms with E-state index >= 15 is 0 Å². The Kier molecular flexibility index (Phi) is 5.79. The SMILES string of the molecule is CCCNC(=S)N=C(N)C(F)=CN. The Hall–Kier alpha value is -1.17. The smallest absolute Gasteiger partial charge is 0.194 e. The van der Waals surface area contributed by atoms with Gasteiger partial charge in [0.25, 0.3) is 0 Å². The van der Waals surface area contributed by atoms with E-state index in [1.807, 2.05) is 6.92 Å². The Bertz CT molecular complexity index is 237. The third-order valence-electron chi connectivity index (χ3n) is 1.14. The van der Waals surface area contributed by atoms with Gasteiger partial charge >= 0.3 is 0 Å². The molecular weight excluding hydrogens is 191 g/mol. The van der Waals surface area contributed by atoms with Crippen molar-refractivity contribution in [2.24, 2.45) is 16.5 Å². The molecule has 0 atom stereocenters. The Balaban J connectivity index is 4.14. The summed E-state index contributed by atoms with van der Waals surface area (Å²) in [5.74, 6) is -1.09. The molecule has 0 aliphatic carbocycles. The quantitative estimate of drug-likeness (QED) is 0.353. The van der Waals surface area contributed by atoms with Crippen LogP contribution in [0.1, 0.15) is 13.3 Å². The maximum absolute atomic E-state index is 12.6. The monoisotopic (exact) mass is 204 g/mol. The van der Waals surface area contributed by atoms with Crippen LogP contribution < -0.4 is 16.8 Å². The third kappa shape index (κ3) is 5.13. The molecule has 0 saturated carbocycles. The molecule has 0 heterocycles. The Morgan fingerprint density at radius 3 is 2.77 bits per heavy atom. The van der Waals surface area contributed by atoms with Gasteiger partial charge in [0.1, 0.15) is 0 Å². The summed E-state index contributed by atoms with van der Waals surface area (Å²) in [5.41, 5.74) is 10.1. The Labute approximate surface area is 81.9 Å². The first-order valence-electron chi connectivity index (χ1n) is 3.81. The van der Waals surface area contributed by atoms with Gasteiger partial charge < -0.3 is 16.8 Å². The molecule has 0 saturated heterocycles. The van der Waals surface area contributed by atoms with Crippen molar-refractivity contribution in [3.63, 3.8) is 0 Å². The summed E-state index contributed by atoms with van der Waals surface area (Å²) in [5, 5.41) is 2.93. The molecule has 5 N–H and O–H groups in total. The number of rotatable bonds is 3. The first-order chi connectivity index (χ1) is 6.11. The van der Waals surface area contributed by atoms with E-state index in [0.717, 1.165) is 12.6 Å². The van der Waals surface area contributed by atoms with Crippen LogP contribution in [0.15, 0.2) is 17.0 Å². The van der Waals surface area contributed by atoms with Gasteiger partial charge in [0, 0.05) is 12.7 Å². The molecule has 0 aliphatic rings. The molecular formula is C7H13FN4S. The van der Waals surface area contributed by atoms with E-state index in [2.05, 4.69) is 10.3 Å². The van der Waals surface area contributed by atoms with Gasteiger partial charge in [-0.1, -0.05) is 6.92 Å². The maximum atomic E-state index is 12.6. The fourth-order valence-electron chi connectivity index (χ4n) is 0.520. The predicted octanol–water partition coefficient (Wildman–Crippen LogP) is 0.398. The number of nitrogens with one attached hydrogen (secondary N) is 1. The number of nitrogens with two attached hydrogens (primary N) is 2. The van der Waals surface area contributed by atoms with Crippen molar-refractivity contribution >= 4 is 23.2 Å². The lowest BCUT2D eigenvalue weighted by Gasteiger charge is -2.01. The summed E-state index contributed by atoms with van der Waals surface area (Å²) < 4.78 is 12.6. The van der Waals surface area contributed by atoms with Gasteiger partial charge in [-0.05, 0) is 18.6 Å². The van der Waals surface area contributed by atoms with Crippen LogP contribution in [-0.2, 0) is 0 Å². The highest BCUT2D eigenvalue weighted by atomic mass is 32.1. The molecule has 74 valence electrons. The van der Waals surface area contributed by atoms with Crippen LogP contribution >= 0.6 is 12.2 Å². The Morgan fingerprint density at radius 2 is 2.31 bits per heavy atom. The van der Waals surface area contributed by atoms with Crippen LogP contribution in [0.5, 0.6) is 0 Å². The number of hydrogen-bond donors (Lipinski definition) is 3. The zero-order valence-corrected chi connectivity index (χ0v) is 8.20. The molecule has 0 bridgehead atoms. The van der Waals surface area contributed by atoms with E-state index in [4.69, 9.17) is 23.7 Å². The van der Waals surface area contributed by atoms with E-state index in [9.17, 15) is 4.39 Å². The lowest BCUT2D eigenvalue weighted by molar-refractivity contribution is 0.676. The number of thiocarbonyl (C=S) groups is 1. The van der Waals surface area contributed by atoms with Crippen molar-refractivity contribution in [2.45, 2.75) is 13.3 Å². The van der Waals surface area contributed by atoms with Crippen LogP contribution in [0, 0.1) is 0 Å². The molecule has 0 aromatic carbocycles. The number of nitrogens with zero attached hydrogens (tertiary/aromatic N) is 1. The molecule has 6 heteroatoms. The van der Waals surface area contributed by atoms with Gasteiger partial charge in [-0.15, -0.1) is 0 Å². The van der Waals surface area contributed by atoms with E-state index in [0.29, 0.717) is 6.54 Å². The molecule has 0 aliphatic heterocycles. The number of hydrogen-bond acceptors (Lipinski definition) is 2. The van der Waals surface area contributed by atoms with E-state index in [-0.39, 0.29) is 10.9 Å². The molecule has 0 aromatic heterocycles. The minimum Gasteiger partial charge on any atom is -0.402 e. The van der Waals surface area contributed by atoms with Crippen molar-refractivity contribution in [1.29, 1.82) is 0 Å². The van der Waals surface area contributed by atoms with Gasteiger partial charge in [0.2, 0.25) is 0 Å². The molecule has 0 radical (unpaired) electrons. The van der Waals surface area contributed by atoms with Crippen LogP contribution in [0.25, 0.3) is 0 Å². The largest absolute Gasteiger partial charge is 0.402 e. The molecule has 0 amide bonds. The molecule has 0 spiro atoms. The number of halogens is 1. The van der Waals surface area contributed by atoms with Gasteiger partial charge in [-0.3, -0.25) is 0 Å². The summed E-state index contributed by atoms with van der Waals surface area (Å²) in [6, 6.07) is 0. The zero-order chi connectivity index (χ0) is 10.3. The fourth-order valence-corrected chi connectivity index (χ4v) is 0.720. The lowest BCUT2D eigenvalue weighted by atomic mass is 10.5. The van der Waals surface area contributed by atoms with Gasteiger partial charge in [-0.2, -0.15) is 0 Å². The molecule has 13 heavy (non-hydrogen) atoms. The van der Waals surface area contributed by atoms with Gasteiger partial charge in [0.15, 0.2) is 16.8 Å². The van der Waals surface area contributed by atoms with Crippen LogP contribution in [0.2, 0.25) is 0 Å². The minimum atomic E-state index is -0.777. The van der Waals surface area contributed by atoms with Crippen molar-refractivity contribution < 1.29 is 4.39 Å². The topological polar surface area (TPSA) is 76.4 Å². The van der Waals surface area contributed by atoms with E-state index in [1.165, 1.54) is 0 Å². The third-order valence-corrected chi connectivity index (χ3v) is 1.37. The maximum Gasteiger partial charge on any atom is 0.194 e. The summed E-state index contributed by atoms with van der Waals surface area (Å²) in [7, 11) is 0. The number of aliphatic imine (C=N–C) groups is 1. The number of amidine groups is 1. The van der Waals surface area contributed by atoms with Crippen LogP contribution in [0.4, 0.5) is 4.39 Å². The molecule has 0 unspecified atom stereocenters. The first kappa shape index (κ1) is 11.8. The van der Waals surface area contributed by atoms with E-state index in [1.54, 1.807) is 0 Å². The van der Waals surface area contributed by atoms with Crippen molar-refractivity contribution in [1.82, 2.24) is 5.32 Å². The average Bonchev–Trinajstić information content (AvgIpc) is 2.13. The minimum absolute atomic E-state index is 0.163. The second-order valence-corrected chi connectivity index (χ2v) is 2.63. The normalized spacial score (nSPS) is 12.8. The highest BCUT2D eigenvalue weighted by Gasteiger charge is 2.00. The molecule has 0 aromatic rings. The van der Waals surface area contributed by atoms with Crippen LogP contribution in [-0.4, -0.2) is 17.5 Å². The molecule has 4 nitrogen and oxygen atoms in total.